The molecule has 0 aliphatic carbocycles. The molecule has 9 heterocycles. The van der Waals surface area contributed by atoms with Crippen LogP contribution >= 0.6 is 34.4 Å². The number of rotatable bonds is 16. The number of Topliss-reactive ketones (excluding diaryl/α,β-unsaturated/α-hetero) is 1. The van der Waals surface area contributed by atoms with Gasteiger partial charge in [-0.3, -0.25) is 24.7 Å². The number of sulfonamides is 4. The number of ketones is 1. The van der Waals surface area contributed by atoms with Gasteiger partial charge in [-0.1, -0.05) is 34.3 Å². The zero-order valence-electron chi connectivity index (χ0n) is 53.1. The first-order chi connectivity index (χ1) is 46.6. The van der Waals surface area contributed by atoms with Crippen LogP contribution in [0, 0.1) is 17.0 Å². The second-order valence-electron chi connectivity index (χ2n) is 21.2. The first-order valence-corrected chi connectivity index (χ1v) is 39.4. The number of pyridine rings is 1. The molecule has 38 heteroatoms. The minimum atomic E-state index is -3.68. The highest BCUT2D eigenvalue weighted by molar-refractivity contribution is 8.00. The molecule has 4 aromatic carbocycles. The number of aryl methyl sites for hydroxylation is 1. The summed E-state index contributed by atoms with van der Waals surface area (Å²) in [5, 5.41) is 21.2. The number of carbonyl (C=O) groups is 2. The maximum Gasteiger partial charge on any atom is 0.299 e. The van der Waals surface area contributed by atoms with Gasteiger partial charge in [0, 0.05) is 88.3 Å². The van der Waals surface area contributed by atoms with Crippen molar-refractivity contribution >= 4 is 118 Å². The summed E-state index contributed by atoms with van der Waals surface area (Å²) < 4.78 is 156. The predicted molar refractivity (Wildman–Crippen MR) is 364 cm³/mol. The van der Waals surface area contributed by atoms with Crippen LogP contribution in [0.2, 0.25) is 0 Å². The summed E-state index contributed by atoms with van der Waals surface area (Å²) in [6.07, 6.45) is 2.88. The Morgan fingerprint density at radius 3 is 1.79 bits per heavy atom. The number of nitro benzene ring substituents is 1. The number of thioether (sulfide) groups is 1. The van der Waals surface area contributed by atoms with Crippen LogP contribution in [0.25, 0.3) is 10.6 Å². The van der Waals surface area contributed by atoms with Gasteiger partial charge in [0.1, 0.15) is 25.6 Å². The number of hydrogen-bond acceptors (Lipinski definition) is 27. The average Bonchev–Trinajstić information content (AvgIpc) is 1.35. The Kier molecular flexibility index (Phi) is 24.8. The molecule has 98 heavy (non-hydrogen) atoms. The van der Waals surface area contributed by atoms with Gasteiger partial charge in [0.15, 0.2) is 5.13 Å². The van der Waals surface area contributed by atoms with Crippen LogP contribution < -0.4 is 25.0 Å². The number of nitro groups is 1. The summed E-state index contributed by atoms with van der Waals surface area (Å²) in [7, 11) is -13.0. The largest absolute Gasteiger partial charge is 0.497 e. The molecular formula is C60H67N11O19S8. The van der Waals surface area contributed by atoms with Crippen molar-refractivity contribution < 1.29 is 80.1 Å². The second-order valence-corrected chi connectivity index (χ2v) is 34.7. The van der Waals surface area contributed by atoms with E-state index in [0.717, 1.165) is 38.9 Å². The first kappa shape index (κ1) is 74.6. The number of methoxy groups -OCH3 is 1. The summed E-state index contributed by atoms with van der Waals surface area (Å²) in [5.41, 5.74) is 2.76. The van der Waals surface area contributed by atoms with E-state index < -0.39 is 66.5 Å². The van der Waals surface area contributed by atoms with Crippen LogP contribution in [0.15, 0.2) is 171 Å². The second kappa shape index (κ2) is 32.5. The molecule has 0 radical (unpaired) electrons. The zero-order valence-corrected chi connectivity index (χ0v) is 59.6. The van der Waals surface area contributed by atoms with E-state index in [1.165, 1.54) is 92.0 Å². The number of nitrogens with one attached hydrogen (secondary N) is 3. The molecular weight excluding hydrogens is 1440 g/mol. The third kappa shape index (κ3) is 18.0. The van der Waals surface area contributed by atoms with Gasteiger partial charge < -0.3 is 39.0 Å². The SMILES string of the molecule is CC1Nc2ccc(S(=O)(=O)N3CCOCC3)cc2S1.CN1C(=O)C(=O)c2cc(S(=O)(=O)N3CCOCC3)ccc21.CNc1ncc(S(=O)(=O)c2ccc([N+](=O)[O-])cc2)s1.COc1ccc(S(=O)(=O)NCc2ccccn2)cc1.Cc1cc(-c2ccc(S(=O)(=O)N3CCOCC3)s2)no1. The van der Waals surface area contributed by atoms with E-state index >= 15 is 0 Å². The van der Waals surface area contributed by atoms with E-state index in [-0.39, 0.29) is 55.2 Å². The number of thiazole rings is 1. The van der Waals surface area contributed by atoms with E-state index in [1.54, 1.807) is 86.5 Å². The fraction of sp³-hybridized carbons (Fsp3) is 0.317. The topological polar surface area (TPSA) is 386 Å². The summed E-state index contributed by atoms with van der Waals surface area (Å²) in [4.78, 5) is 45.0. The van der Waals surface area contributed by atoms with E-state index in [1.807, 2.05) is 12.1 Å². The zero-order chi connectivity index (χ0) is 70.6. The van der Waals surface area contributed by atoms with Crippen LogP contribution in [0.5, 0.6) is 5.75 Å². The number of non-ortho nitro benzene ring substituents is 1. The van der Waals surface area contributed by atoms with Gasteiger partial charge in [0.2, 0.25) is 39.9 Å². The third-order valence-corrected chi connectivity index (χ3v) is 27.8. The monoisotopic (exact) mass is 1500 g/mol. The van der Waals surface area contributed by atoms with Crippen molar-refractivity contribution in [2.45, 2.75) is 58.7 Å². The summed E-state index contributed by atoms with van der Waals surface area (Å²) in [6.45, 7) is 8.78. The molecule has 3 N–H and O–H groups in total. The highest BCUT2D eigenvalue weighted by Gasteiger charge is 2.36. The number of aromatic nitrogens is 3. The number of sulfone groups is 1. The van der Waals surface area contributed by atoms with Crippen LogP contribution in [-0.4, -0.2) is 192 Å². The lowest BCUT2D eigenvalue weighted by atomic mass is 10.1. The third-order valence-electron chi connectivity index (χ3n) is 14.8. The van der Waals surface area contributed by atoms with Gasteiger partial charge in [-0.2, -0.15) is 12.9 Å². The minimum Gasteiger partial charge on any atom is -0.497 e. The van der Waals surface area contributed by atoms with Crippen molar-refractivity contribution in [3.63, 3.8) is 0 Å². The number of benzene rings is 4. The standard InChI is InChI=1S/C13H14N2O5S.C13H14N2O3S.C12H14N2O4S2.C12H16N2O3S2.C10H9N3O4S2/c1-14-11-3-2-9(8-10(11)12(16)13(14)17)21(18,19)15-4-6-20-7-5-15;1-18-12-5-7-13(8-6-12)19(16,17)15-10-11-4-2-3-9-14-11;1-9-8-10(13-18-9)11-2-3-12(19-11)20(15,16)14-4-6-17-7-5-14;1-9-13-11-3-2-10(8-12(11)18-9)19(15,16)14-4-6-17-7-5-14;1-11-10-12-6-9(18-10)19(16,17)8-4-2-7(3-5-8)13(14)15/h2-3,8H,4-7H2,1H3;2-9,15H,10H2,1H3;2-3,8H,4-7H2,1H3;2-3,8-9,13H,4-7H2,1H3;2-6H,1H3,(H,11,12). The van der Waals surface area contributed by atoms with Crippen molar-refractivity contribution in [2.75, 3.05) is 116 Å². The Morgan fingerprint density at radius 2 is 1.24 bits per heavy atom. The predicted octanol–water partition coefficient (Wildman–Crippen LogP) is 6.66. The molecule has 524 valence electrons. The summed E-state index contributed by atoms with van der Waals surface area (Å²) in [6, 6.07) is 31.0. The highest BCUT2D eigenvalue weighted by atomic mass is 32.3. The maximum absolute atomic E-state index is 12.5. The normalized spacial score (nSPS) is 16.8. The van der Waals surface area contributed by atoms with E-state index in [9.17, 15) is 61.8 Å². The maximum atomic E-state index is 12.5. The quantitative estimate of drug-likeness (QED) is 0.0516. The van der Waals surface area contributed by atoms with Crippen LogP contribution in [0.4, 0.5) is 22.2 Å². The fourth-order valence-electron chi connectivity index (χ4n) is 9.58. The number of anilines is 3. The molecule has 4 aromatic heterocycles. The summed E-state index contributed by atoms with van der Waals surface area (Å²) in [5.74, 6) is -0.00731. The van der Waals surface area contributed by atoms with Crippen LogP contribution in [0.1, 0.15) is 28.7 Å². The van der Waals surface area contributed by atoms with Crippen molar-refractivity contribution in [3.05, 3.63) is 161 Å². The fourth-order valence-corrected chi connectivity index (χ4v) is 19.7. The number of carbonyl (C=O) groups excluding carboxylic acids is 2. The van der Waals surface area contributed by atoms with Crippen molar-refractivity contribution in [3.8, 4) is 16.3 Å². The molecule has 1 amide bonds. The Hall–Kier alpha value is -7.67. The number of nitrogens with zero attached hydrogens (tertiary/aromatic N) is 8. The number of likely N-dealkylation sites (N-methyl/N-ethyl adjacent to an activating group) is 1. The molecule has 0 bridgehead atoms. The molecule has 5 aliphatic heterocycles. The Bertz CT molecular complexity index is 4720. The number of thiophene rings is 1. The Morgan fingerprint density at radius 1 is 0.673 bits per heavy atom. The summed E-state index contributed by atoms with van der Waals surface area (Å²) >= 11 is 3.86. The van der Waals surface area contributed by atoms with Crippen LogP contribution in [-0.2, 0) is 75.5 Å². The average molecular weight is 1500 g/mol. The number of hydrogen-bond donors (Lipinski definition) is 3. The van der Waals surface area contributed by atoms with Gasteiger partial charge in [0.25, 0.3) is 27.4 Å². The molecule has 3 saturated heterocycles. The molecule has 8 aromatic rings. The lowest BCUT2D eigenvalue weighted by molar-refractivity contribution is -0.384. The molecule has 3 fully saturated rings. The molecule has 1 atom stereocenters. The number of fused-ring (bicyclic) bond motifs is 2. The Balaban J connectivity index is 0.000000143. The molecule has 0 spiro atoms. The van der Waals surface area contributed by atoms with Gasteiger partial charge in [-0.15, -0.1) is 11.3 Å². The van der Waals surface area contributed by atoms with E-state index in [2.05, 4.69) is 37.4 Å². The molecule has 13 rings (SSSR count). The smallest absolute Gasteiger partial charge is 0.299 e. The molecule has 0 saturated carbocycles. The lowest BCUT2D eigenvalue weighted by Crippen LogP contribution is -2.40. The molecule has 30 nitrogen and oxygen atoms in total. The van der Waals surface area contributed by atoms with E-state index in [0.29, 0.717) is 109 Å². The number of ether oxygens (including phenoxy) is 4. The Labute approximate surface area is 578 Å². The first-order valence-electron chi connectivity index (χ1n) is 29.6. The van der Waals surface area contributed by atoms with Gasteiger partial charge in [0.05, 0.1) is 111 Å². The van der Waals surface area contributed by atoms with Gasteiger partial charge >= 0.3 is 0 Å². The number of morpholine rings is 3. The van der Waals surface area contributed by atoms with Gasteiger partial charge in [-0.05, 0) is 111 Å². The minimum absolute atomic E-state index is 0.00408. The highest BCUT2D eigenvalue weighted by Crippen LogP contribution is 2.40. The molecule has 5 aliphatic rings. The number of amides is 1. The molecule has 1 unspecified atom stereocenters. The van der Waals surface area contributed by atoms with Crippen molar-refractivity contribution in [2.24, 2.45) is 0 Å². The van der Waals surface area contributed by atoms with Crippen LogP contribution in [0.3, 0.4) is 0 Å². The van der Waals surface area contributed by atoms with E-state index in [4.69, 9.17) is 23.5 Å². The van der Waals surface area contributed by atoms with Gasteiger partial charge in [-0.25, -0.2) is 51.8 Å². The van der Waals surface area contributed by atoms with Crippen molar-refractivity contribution in [1.82, 2.24) is 32.8 Å². The van der Waals surface area contributed by atoms with Crippen molar-refractivity contribution in [1.29, 1.82) is 0 Å². The lowest BCUT2D eigenvalue weighted by Gasteiger charge is -2.26.